The average molecular weight is 348 g/mol. The van der Waals surface area contributed by atoms with Crippen LogP contribution in [0.4, 0.5) is 11.4 Å². The van der Waals surface area contributed by atoms with Gasteiger partial charge in [0.05, 0.1) is 10.6 Å². The molecular weight excluding hydrogens is 338 g/mol. The van der Waals surface area contributed by atoms with E-state index in [1.807, 2.05) is 6.07 Å². The average Bonchev–Trinajstić information content (AvgIpc) is 2.95. The van der Waals surface area contributed by atoms with Crippen molar-refractivity contribution in [1.29, 1.82) is 0 Å². The number of phenolic OH excluding ortho intramolecular Hbond substituents is 1. The maximum absolute atomic E-state index is 9.99. The van der Waals surface area contributed by atoms with Gasteiger partial charge in [-0.2, -0.15) is 4.40 Å². The first kappa shape index (κ1) is 13.8. The Balaban J connectivity index is 1.60. The summed E-state index contributed by atoms with van der Waals surface area (Å²) < 4.78 is 5.57. The summed E-state index contributed by atoms with van der Waals surface area (Å²) >= 11 is 8.90. The molecule has 0 aliphatic carbocycles. The van der Waals surface area contributed by atoms with E-state index in [0.717, 1.165) is 10.6 Å². The van der Waals surface area contributed by atoms with Crippen LogP contribution < -0.4 is 10.6 Å². The van der Waals surface area contributed by atoms with Crippen molar-refractivity contribution >= 4 is 62.3 Å². The molecule has 3 N–H and O–H groups in total. The predicted molar refractivity (Wildman–Crippen MR) is 95.5 cm³/mol. The van der Waals surface area contributed by atoms with E-state index in [-0.39, 0.29) is 5.75 Å². The van der Waals surface area contributed by atoms with Gasteiger partial charge in [0.1, 0.15) is 5.75 Å². The number of hydrogen-bond acceptors (Lipinski definition) is 6. The number of phenols is 1. The number of benzene rings is 2. The quantitative estimate of drug-likeness (QED) is 0.420. The van der Waals surface area contributed by atoms with Crippen LogP contribution in [0.15, 0.2) is 51.1 Å². The van der Waals surface area contributed by atoms with E-state index >= 15 is 0 Å². The second-order valence-electron chi connectivity index (χ2n) is 4.75. The summed E-state index contributed by atoms with van der Waals surface area (Å²) in [6.07, 6.45) is 0. The lowest BCUT2D eigenvalue weighted by Gasteiger charge is -2.19. The summed E-state index contributed by atoms with van der Waals surface area (Å²) in [5.41, 5.74) is 1.56. The zero-order chi connectivity index (χ0) is 15.1. The number of nitrogens with one attached hydrogen (secondary N) is 2. The number of thiophene rings is 1. The molecule has 0 fully saturated rings. The first-order chi connectivity index (χ1) is 10.7. The van der Waals surface area contributed by atoms with Crippen molar-refractivity contribution < 1.29 is 5.11 Å². The van der Waals surface area contributed by atoms with Crippen LogP contribution in [-0.4, -0.2) is 11.1 Å². The third kappa shape index (κ3) is 2.49. The molecule has 0 radical (unpaired) electrons. The van der Waals surface area contributed by atoms with Crippen LogP contribution in [0.1, 0.15) is 0 Å². The van der Waals surface area contributed by atoms with Crippen molar-refractivity contribution in [1.82, 2.24) is 0 Å². The summed E-state index contributed by atoms with van der Waals surface area (Å²) in [6.45, 7) is 0. The molecule has 1 aliphatic heterocycles. The Morgan fingerprint density at radius 2 is 2.09 bits per heavy atom. The second kappa shape index (κ2) is 5.39. The molecule has 1 aliphatic rings. The van der Waals surface area contributed by atoms with Crippen molar-refractivity contribution in [3.63, 3.8) is 0 Å². The minimum Gasteiger partial charge on any atom is -0.506 e. The van der Waals surface area contributed by atoms with Gasteiger partial charge in [0.2, 0.25) is 5.96 Å². The summed E-state index contributed by atoms with van der Waals surface area (Å²) in [6, 6.07) is 11.5. The van der Waals surface area contributed by atoms with E-state index in [1.54, 1.807) is 17.4 Å². The van der Waals surface area contributed by atoms with Crippen LogP contribution in [0.3, 0.4) is 0 Å². The molecule has 4 rings (SSSR count). The van der Waals surface area contributed by atoms with Gasteiger partial charge in [-0.05, 0) is 35.0 Å². The first-order valence-electron chi connectivity index (χ1n) is 6.48. The Morgan fingerprint density at radius 3 is 3.00 bits per heavy atom. The standard InChI is InChI=1S/C15H10ClN3OS2/c16-9-5-11(20)14-13(6-9)22-19-15(18-14)17-10-2-1-8-3-4-21-12(8)7-10/h1-7,20H,(H2,17,18,19). The number of aromatic hydroxyl groups is 1. The molecule has 22 heavy (non-hydrogen) atoms. The largest absolute Gasteiger partial charge is 0.506 e. The molecule has 0 amide bonds. The number of rotatable bonds is 1. The lowest BCUT2D eigenvalue weighted by Crippen LogP contribution is -2.23. The molecule has 1 aromatic heterocycles. The Bertz CT molecular complexity index is 907. The highest BCUT2D eigenvalue weighted by atomic mass is 35.5. The van der Waals surface area contributed by atoms with E-state index in [2.05, 4.69) is 38.6 Å². The number of anilines is 2. The minimum absolute atomic E-state index is 0.109. The maximum atomic E-state index is 9.99. The summed E-state index contributed by atoms with van der Waals surface area (Å²) in [7, 11) is 0. The molecule has 0 spiro atoms. The van der Waals surface area contributed by atoms with Crippen LogP contribution in [0.2, 0.25) is 5.02 Å². The number of guanidine groups is 1. The van der Waals surface area contributed by atoms with Crippen molar-refractivity contribution in [2.24, 2.45) is 4.40 Å². The first-order valence-corrected chi connectivity index (χ1v) is 8.51. The van der Waals surface area contributed by atoms with Crippen molar-refractivity contribution in [3.05, 3.63) is 46.8 Å². The SMILES string of the molecule is Oc1cc(Cl)cc2c1NC(Nc1ccc3ccsc3c1)=NS2. The Labute approximate surface area is 140 Å². The minimum atomic E-state index is 0.109. The summed E-state index contributed by atoms with van der Waals surface area (Å²) in [5, 5.41) is 20.1. The topological polar surface area (TPSA) is 56.6 Å². The van der Waals surface area contributed by atoms with E-state index in [9.17, 15) is 5.11 Å². The molecule has 3 aromatic rings. The summed E-state index contributed by atoms with van der Waals surface area (Å²) in [4.78, 5) is 0.796. The molecule has 110 valence electrons. The molecule has 4 nitrogen and oxygen atoms in total. The molecule has 0 saturated heterocycles. The van der Waals surface area contributed by atoms with Gasteiger partial charge in [0.25, 0.3) is 0 Å². The maximum Gasteiger partial charge on any atom is 0.212 e. The van der Waals surface area contributed by atoms with Gasteiger partial charge in [0.15, 0.2) is 0 Å². The van der Waals surface area contributed by atoms with Gasteiger partial charge in [0, 0.05) is 33.4 Å². The number of halogens is 1. The second-order valence-corrected chi connectivity index (χ2v) is 6.94. The number of nitrogens with zero attached hydrogens (tertiary/aromatic N) is 1. The fourth-order valence-electron chi connectivity index (χ4n) is 2.23. The van der Waals surface area contributed by atoms with Gasteiger partial charge in [-0.25, -0.2) is 0 Å². The fourth-order valence-corrected chi connectivity index (χ4v) is 4.04. The van der Waals surface area contributed by atoms with E-state index in [0.29, 0.717) is 16.7 Å². The number of hydrogen-bond donors (Lipinski definition) is 3. The Kier molecular flexibility index (Phi) is 3.37. The van der Waals surface area contributed by atoms with Crippen molar-refractivity contribution in [3.8, 4) is 5.75 Å². The summed E-state index contributed by atoms with van der Waals surface area (Å²) in [5.74, 6) is 0.684. The van der Waals surface area contributed by atoms with E-state index in [1.165, 1.54) is 28.1 Å². The Hall–Kier alpha value is -1.89. The Morgan fingerprint density at radius 1 is 1.18 bits per heavy atom. The molecule has 7 heteroatoms. The van der Waals surface area contributed by atoms with Gasteiger partial charge in [-0.3, -0.25) is 0 Å². The predicted octanol–water partition coefficient (Wildman–Crippen LogP) is 5.16. The van der Waals surface area contributed by atoms with Crippen LogP contribution in [0.5, 0.6) is 5.75 Å². The van der Waals surface area contributed by atoms with E-state index in [4.69, 9.17) is 11.6 Å². The third-order valence-corrected chi connectivity index (χ3v) is 5.13. The normalized spacial score (nSPS) is 13.4. The zero-order valence-corrected chi connectivity index (χ0v) is 13.5. The lowest BCUT2D eigenvalue weighted by atomic mass is 10.2. The fraction of sp³-hybridized carbons (Fsp3) is 0. The van der Waals surface area contributed by atoms with Gasteiger partial charge >= 0.3 is 0 Å². The molecule has 2 heterocycles. The van der Waals surface area contributed by atoms with Gasteiger partial charge < -0.3 is 15.7 Å². The molecule has 0 atom stereocenters. The number of fused-ring (bicyclic) bond motifs is 2. The van der Waals surface area contributed by atoms with Crippen molar-refractivity contribution in [2.75, 3.05) is 10.6 Å². The molecule has 0 bridgehead atoms. The smallest absolute Gasteiger partial charge is 0.212 e. The van der Waals surface area contributed by atoms with Crippen LogP contribution >= 0.6 is 34.9 Å². The zero-order valence-electron chi connectivity index (χ0n) is 11.1. The van der Waals surface area contributed by atoms with Crippen molar-refractivity contribution in [2.45, 2.75) is 4.90 Å². The molecule has 0 unspecified atom stereocenters. The monoisotopic (exact) mass is 347 g/mol. The third-order valence-electron chi connectivity index (χ3n) is 3.24. The van der Waals surface area contributed by atoms with E-state index < -0.39 is 0 Å². The van der Waals surface area contributed by atoms with Gasteiger partial charge in [-0.1, -0.05) is 17.7 Å². The highest BCUT2D eigenvalue weighted by Gasteiger charge is 2.17. The molecule has 0 saturated carbocycles. The molecule has 2 aromatic carbocycles. The molecular formula is C15H10ClN3OS2. The highest BCUT2D eigenvalue weighted by molar-refractivity contribution is 7.98. The highest BCUT2D eigenvalue weighted by Crippen LogP contribution is 2.40. The van der Waals surface area contributed by atoms with Crippen LogP contribution in [0.25, 0.3) is 10.1 Å². The van der Waals surface area contributed by atoms with Gasteiger partial charge in [-0.15, -0.1) is 11.3 Å². The van der Waals surface area contributed by atoms with Crippen LogP contribution in [-0.2, 0) is 0 Å². The van der Waals surface area contributed by atoms with Crippen LogP contribution in [0, 0.1) is 0 Å². The lowest BCUT2D eigenvalue weighted by molar-refractivity contribution is 0.476.